The van der Waals surface area contributed by atoms with Crippen LogP contribution in [0.2, 0.25) is 0 Å². The van der Waals surface area contributed by atoms with Crippen LogP contribution in [0.1, 0.15) is 5.69 Å². The fraction of sp³-hybridized carbons (Fsp3) is 0.182. The minimum Gasteiger partial charge on any atom is -0.395 e. The van der Waals surface area contributed by atoms with Gasteiger partial charge in [-0.2, -0.15) is 0 Å². The summed E-state index contributed by atoms with van der Waals surface area (Å²) < 4.78 is 36.6. The molecule has 1 aromatic carbocycles. The highest BCUT2D eigenvalue weighted by molar-refractivity contribution is 7.71. The quantitative estimate of drug-likeness (QED) is 0.809. The van der Waals surface area contributed by atoms with E-state index in [0.29, 0.717) is 10.5 Å². The summed E-state index contributed by atoms with van der Waals surface area (Å²) >= 11 is 5.12. The minimum atomic E-state index is -3.60. The molecule has 0 saturated heterocycles. The molecule has 0 fully saturated rings. The Morgan fingerprint density at radius 3 is 2.67 bits per heavy atom. The van der Waals surface area contributed by atoms with E-state index in [1.54, 1.807) is 16.8 Å². The second-order valence-electron chi connectivity index (χ2n) is 3.91. The molecule has 0 unspecified atom stereocenters. The number of nitrogens with one attached hydrogen (secondary N) is 1. The minimum absolute atomic E-state index is 0.00162. The molecule has 94 valence electrons. The van der Waals surface area contributed by atoms with Crippen molar-refractivity contribution in [1.29, 1.82) is 0 Å². The van der Waals surface area contributed by atoms with E-state index in [-0.39, 0.29) is 11.5 Å². The van der Waals surface area contributed by atoms with Gasteiger partial charge in [-0.1, -0.05) is 0 Å². The van der Waals surface area contributed by atoms with Crippen molar-refractivity contribution in [3.63, 3.8) is 0 Å². The SMILES string of the molecule is Cc1cn(-c2ccc3c(c2)OC(F)(F)O3)c(=S)[nH]1. The molecule has 0 amide bonds. The standard InChI is InChI=1S/C11H8F2N2O2S/c1-6-5-15(10(18)14-6)7-2-3-8-9(4-7)17-11(12,13)16-8/h2-5H,1H3,(H,14,18). The zero-order valence-corrected chi connectivity index (χ0v) is 10.1. The summed E-state index contributed by atoms with van der Waals surface area (Å²) in [6.07, 6.45) is -1.82. The van der Waals surface area contributed by atoms with E-state index in [1.165, 1.54) is 12.1 Å². The van der Waals surface area contributed by atoms with Gasteiger partial charge < -0.3 is 14.5 Å². The maximum Gasteiger partial charge on any atom is 0.586 e. The fourth-order valence-electron chi connectivity index (χ4n) is 1.79. The number of hydrogen-bond acceptors (Lipinski definition) is 3. The second-order valence-corrected chi connectivity index (χ2v) is 4.30. The first kappa shape index (κ1) is 11.2. The van der Waals surface area contributed by atoms with Crippen LogP contribution in [-0.4, -0.2) is 15.8 Å². The van der Waals surface area contributed by atoms with Gasteiger partial charge in [-0.15, -0.1) is 8.78 Å². The van der Waals surface area contributed by atoms with Gasteiger partial charge in [-0.3, -0.25) is 4.57 Å². The number of alkyl halides is 2. The lowest BCUT2D eigenvalue weighted by atomic mass is 10.3. The molecule has 3 rings (SSSR count). The van der Waals surface area contributed by atoms with Gasteiger partial charge in [0.25, 0.3) is 0 Å². The smallest absolute Gasteiger partial charge is 0.395 e. The predicted octanol–water partition coefficient (Wildman–Crippen LogP) is 3.16. The second kappa shape index (κ2) is 3.55. The maximum atomic E-state index is 12.9. The van der Waals surface area contributed by atoms with Crippen molar-refractivity contribution in [2.75, 3.05) is 0 Å². The molecule has 0 spiro atoms. The number of rotatable bonds is 1. The largest absolute Gasteiger partial charge is 0.586 e. The summed E-state index contributed by atoms with van der Waals surface area (Å²) in [5, 5.41) is 0. The van der Waals surface area contributed by atoms with E-state index in [1.807, 2.05) is 6.92 Å². The molecule has 1 aromatic heterocycles. The topological polar surface area (TPSA) is 39.2 Å². The van der Waals surface area contributed by atoms with E-state index in [0.717, 1.165) is 5.69 Å². The van der Waals surface area contributed by atoms with Crippen molar-refractivity contribution in [3.05, 3.63) is 34.9 Å². The molecule has 0 saturated carbocycles. The number of imidazole rings is 1. The number of fused-ring (bicyclic) bond motifs is 1. The molecule has 1 aliphatic heterocycles. The third kappa shape index (κ3) is 1.76. The van der Waals surface area contributed by atoms with E-state index in [2.05, 4.69) is 14.5 Å². The predicted molar refractivity (Wildman–Crippen MR) is 61.9 cm³/mol. The highest BCUT2D eigenvalue weighted by Crippen LogP contribution is 2.41. The Morgan fingerprint density at radius 2 is 2.00 bits per heavy atom. The van der Waals surface area contributed by atoms with Gasteiger partial charge in [-0.25, -0.2) is 0 Å². The van der Waals surface area contributed by atoms with Crippen LogP contribution in [0, 0.1) is 11.7 Å². The van der Waals surface area contributed by atoms with Crippen molar-refractivity contribution >= 4 is 12.2 Å². The number of benzene rings is 1. The van der Waals surface area contributed by atoms with Crippen molar-refractivity contribution in [2.45, 2.75) is 13.2 Å². The van der Waals surface area contributed by atoms with Crippen molar-refractivity contribution in [1.82, 2.24) is 9.55 Å². The number of aromatic nitrogens is 2. The van der Waals surface area contributed by atoms with Crippen LogP contribution >= 0.6 is 12.2 Å². The van der Waals surface area contributed by atoms with Crippen LogP contribution in [0.25, 0.3) is 5.69 Å². The average molecular weight is 270 g/mol. The zero-order chi connectivity index (χ0) is 12.9. The van der Waals surface area contributed by atoms with Crippen LogP contribution in [0.3, 0.4) is 0 Å². The van der Waals surface area contributed by atoms with Crippen LogP contribution < -0.4 is 9.47 Å². The van der Waals surface area contributed by atoms with Crippen LogP contribution in [0.5, 0.6) is 11.5 Å². The number of hydrogen-bond donors (Lipinski definition) is 1. The van der Waals surface area contributed by atoms with Crippen LogP contribution in [-0.2, 0) is 0 Å². The highest BCUT2D eigenvalue weighted by Gasteiger charge is 2.43. The van der Waals surface area contributed by atoms with Gasteiger partial charge >= 0.3 is 6.29 Å². The Kier molecular flexibility index (Phi) is 2.21. The molecular weight excluding hydrogens is 262 g/mol. The molecule has 4 nitrogen and oxygen atoms in total. The third-order valence-corrected chi connectivity index (χ3v) is 2.81. The van der Waals surface area contributed by atoms with Crippen LogP contribution in [0.4, 0.5) is 8.78 Å². The van der Waals surface area contributed by atoms with Gasteiger partial charge in [0.2, 0.25) is 0 Å². The first-order valence-electron chi connectivity index (χ1n) is 5.13. The molecule has 1 N–H and O–H groups in total. The molecule has 2 heterocycles. The summed E-state index contributed by atoms with van der Waals surface area (Å²) in [6.45, 7) is 1.85. The lowest BCUT2D eigenvalue weighted by Gasteiger charge is -2.04. The monoisotopic (exact) mass is 270 g/mol. The van der Waals surface area contributed by atoms with Gasteiger partial charge in [-0.05, 0) is 31.3 Å². The van der Waals surface area contributed by atoms with Crippen molar-refractivity contribution in [2.24, 2.45) is 0 Å². The third-order valence-electron chi connectivity index (χ3n) is 2.51. The first-order chi connectivity index (χ1) is 8.44. The Balaban J connectivity index is 2.08. The zero-order valence-electron chi connectivity index (χ0n) is 9.24. The van der Waals surface area contributed by atoms with Gasteiger partial charge in [0.1, 0.15) is 0 Å². The Labute approximate surface area is 106 Å². The molecule has 18 heavy (non-hydrogen) atoms. The number of aryl methyl sites for hydroxylation is 1. The Hall–Kier alpha value is -1.89. The van der Waals surface area contributed by atoms with E-state index < -0.39 is 6.29 Å². The summed E-state index contributed by atoms with van der Waals surface area (Å²) in [5.74, 6) is 0.0146. The van der Waals surface area contributed by atoms with Gasteiger partial charge in [0.15, 0.2) is 16.3 Å². The molecule has 0 aliphatic carbocycles. The van der Waals surface area contributed by atoms with Gasteiger partial charge in [0, 0.05) is 18.0 Å². The number of halogens is 2. The number of ether oxygens (including phenoxy) is 2. The molecule has 0 bridgehead atoms. The van der Waals surface area contributed by atoms with Crippen LogP contribution in [0.15, 0.2) is 24.4 Å². The maximum absolute atomic E-state index is 12.9. The molecule has 2 aromatic rings. The molecular formula is C11H8F2N2O2S. The Bertz CT molecular complexity index is 678. The van der Waals surface area contributed by atoms with Crippen molar-refractivity contribution < 1.29 is 18.3 Å². The summed E-state index contributed by atoms with van der Waals surface area (Å²) in [5.41, 5.74) is 1.51. The molecule has 0 radical (unpaired) electrons. The number of H-pyrrole nitrogens is 1. The lowest BCUT2D eigenvalue weighted by molar-refractivity contribution is -0.286. The molecule has 1 aliphatic rings. The van der Waals surface area contributed by atoms with E-state index in [4.69, 9.17) is 12.2 Å². The summed E-state index contributed by atoms with van der Waals surface area (Å²) in [7, 11) is 0. The number of aromatic amines is 1. The first-order valence-corrected chi connectivity index (χ1v) is 5.54. The normalized spacial score (nSPS) is 15.9. The average Bonchev–Trinajstić information content (AvgIpc) is 2.74. The van der Waals surface area contributed by atoms with Gasteiger partial charge in [0.05, 0.1) is 5.69 Å². The summed E-state index contributed by atoms with van der Waals surface area (Å²) in [4.78, 5) is 2.95. The van der Waals surface area contributed by atoms with E-state index >= 15 is 0 Å². The molecule has 7 heteroatoms. The summed E-state index contributed by atoms with van der Waals surface area (Å²) in [6, 6.07) is 4.52. The Morgan fingerprint density at radius 1 is 1.28 bits per heavy atom. The molecule has 0 atom stereocenters. The lowest BCUT2D eigenvalue weighted by Crippen LogP contribution is -2.25. The fourth-order valence-corrected chi connectivity index (χ4v) is 2.11. The highest BCUT2D eigenvalue weighted by atomic mass is 32.1. The van der Waals surface area contributed by atoms with E-state index in [9.17, 15) is 8.78 Å². The number of nitrogens with zero attached hydrogens (tertiary/aromatic N) is 1. The van der Waals surface area contributed by atoms with Crippen molar-refractivity contribution in [3.8, 4) is 17.2 Å².